The van der Waals surface area contributed by atoms with Crippen LogP contribution in [0.4, 0.5) is 0 Å². The van der Waals surface area contributed by atoms with Crippen molar-refractivity contribution in [1.82, 2.24) is 10.3 Å². The van der Waals surface area contributed by atoms with E-state index in [0.717, 1.165) is 16.5 Å². The minimum atomic E-state index is -1.11. The first-order chi connectivity index (χ1) is 14.0. The number of benzene rings is 2. The maximum absolute atomic E-state index is 11.7. The molecule has 0 saturated carbocycles. The molecule has 0 radical (unpaired) electrons. The van der Waals surface area contributed by atoms with Crippen LogP contribution in [0.25, 0.3) is 10.9 Å². The molecule has 0 bridgehead atoms. The number of fused-ring (bicyclic) bond motifs is 1. The van der Waals surface area contributed by atoms with E-state index in [-0.39, 0.29) is 24.6 Å². The molecule has 2 aromatic carbocycles. The number of ether oxygens (including phenoxy) is 2. The summed E-state index contributed by atoms with van der Waals surface area (Å²) in [5.41, 5.74) is 1.55. The molecular formula is C21H25ClN2O5S. The van der Waals surface area contributed by atoms with Crippen LogP contribution in [0, 0.1) is 0 Å². The number of pyridine rings is 1. The van der Waals surface area contributed by atoms with Crippen molar-refractivity contribution in [2.24, 2.45) is 0 Å². The third-order valence-corrected chi connectivity index (χ3v) is 5.34. The molecule has 0 fully saturated rings. The Morgan fingerprint density at radius 2 is 1.97 bits per heavy atom. The summed E-state index contributed by atoms with van der Waals surface area (Å²) in [6.45, 7) is 1.02. The van der Waals surface area contributed by atoms with E-state index in [9.17, 15) is 14.1 Å². The first-order valence-electron chi connectivity index (χ1n) is 9.11. The highest BCUT2D eigenvalue weighted by Gasteiger charge is 2.09. The van der Waals surface area contributed by atoms with Crippen molar-refractivity contribution >= 4 is 34.1 Å². The van der Waals surface area contributed by atoms with Gasteiger partial charge in [0.2, 0.25) is 5.56 Å². The molecule has 2 unspecified atom stereocenters. The number of aromatic amines is 1. The zero-order chi connectivity index (χ0) is 20.8. The normalized spacial score (nSPS) is 12.8. The Balaban J connectivity index is 0.00000320. The van der Waals surface area contributed by atoms with E-state index in [4.69, 9.17) is 9.47 Å². The highest BCUT2D eigenvalue weighted by Crippen LogP contribution is 2.23. The number of nitrogens with one attached hydrogen (secondary N) is 2. The van der Waals surface area contributed by atoms with Crippen molar-refractivity contribution in [3.05, 3.63) is 64.4 Å². The highest BCUT2D eigenvalue weighted by molar-refractivity contribution is 7.84. The fourth-order valence-electron chi connectivity index (χ4n) is 2.92. The lowest BCUT2D eigenvalue weighted by atomic mass is 10.2. The monoisotopic (exact) mass is 452 g/mol. The van der Waals surface area contributed by atoms with Crippen LogP contribution in [0.1, 0.15) is 5.56 Å². The van der Waals surface area contributed by atoms with Crippen molar-refractivity contribution < 1.29 is 18.8 Å². The van der Waals surface area contributed by atoms with Crippen LogP contribution in [-0.4, -0.2) is 46.9 Å². The summed E-state index contributed by atoms with van der Waals surface area (Å²) in [5, 5.41) is 14.2. The van der Waals surface area contributed by atoms with E-state index < -0.39 is 16.9 Å². The summed E-state index contributed by atoms with van der Waals surface area (Å²) in [6.07, 6.45) is 0.923. The Bertz CT molecular complexity index is 1070. The molecule has 162 valence electrons. The van der Waals surface area contributed by atoms with Gasteiger partial charge in [0.15, 0.2) is 0 Å². The minimum Gasteiger partial charge on any atom is -0.495 e. The molecule has 0 aliphatic carbocycles. The molecule has 0 aliphatic heterocycles. The smallest absolute Gasteiger partial charge is 0.248 e. The molecule has 9 heteroatoms. The van der Waals surface area contributed by atoms with Gasteiger partial charge in [-0.05, 0) is 42.0 Å². The SMILES string of the molecule is COc1cc(CNCC(O)COc2ccc3[nH]c(=O)ccc3c2)ccc1S(C)=O.Cl. The van der Waals surface area contributed by atoms with Gasteiger partial charge in [0.1, 0.15) is 24.2 Å². The Morgan fingerprint density at radius 1 is 1.17 bits per heavy atom. The summed E-state index contributed by atoms with van der Waals surface area (Å²) < 4.78 is 22.6. The number of methoxy groups -OCH3 is 1. The maximum Gasteiger partial charge on any atom is 0.248 e. The van der Waals surface area contributed by atoms with Crippen LogP contribution in [0.2, 0.25) is 0 Å². The molecule has 0 spiro atoms. The standard InChI is InChI=1S/C21H24N2O5S.ClH/c1-27-19-9-14(3-7-20(19)29(2)26)11-22-12-16(24)13-28-17-5-6-18-15(10-17)4-8-21(25)23-18;/h3-10,16,22,24H,11-13H2,1-2H3,(H,23,25);1H. The zero-order valence-corrected chi connectivity index (χ0v) is 18.3. The predicted molar refractivity (Wildman–Crippen MR) is 120 cm³/mol. The topological polar surface area (TPSA) is 101 Å². The molecule has 1 aromatic heterocycles. The first kappa shape index (κ1) is 23.9. The zero-order valence-electron chi connectivity index (χ0n) is 16.7. The van der Waals surface area contributed by atoms with Crippen molar-refractivity contribution in [2.75, 3.05) is 26.5 Å². The van der Waals surface area contributed by atoms with Gasteiger partial charge >= 0.3 is 0 Å². The fourth-order valence-corrected chi connectivity index (χ4v) is 3.60. The van der Waals surface area contributed by atoms with Crippen LogP contribution in [0.15, 0.2) is 58.2 Å². The number of aliphatic hydroxyl groups excluding tert-OH is 1. The summed E-state index contributed by atoms with van der Waals surface area (Å²) in [5.74, 6) is 1.21. The van der Waals surface area contributed by atoms with E-state index in [0.29, 0.717) is 29.5 Å². The third kappa shape index (κ3) is 6.30. The summed E-state index contributed by atoms with van der Waals surface area (Å²) in [4.78, 5) is 14.7. The van der Waals surface area contributed by atoms with Gasteiger partial charge in [-0.15, -0.1) is 12.4 Å². The maximum atomic E-state index is 11.7. The lowest BCUT2D eigenvalue weighted by Crippen LogP contribution is -2.31. The van der Waals surface area contributed by atoms with Gasteiger partial charge in [0.05, 0.1) is 22.8 Å². The van der Waals surface area contributed by atoms with E-state index in [1.54, 1.807) is 37.6 Å². The molecule has 7 nitrogen and oxygen atoms in total. The van der Waals surface area contributed by atoms with Gasteiger partial charge in [-0.3, -0.25) is 9.00 Å². The van der Waals surface area contributed by atoms with Crippen LogP contribution >= 0.6 is 12.4 Å². The van der Waals surface area contributed by atoms with E-state index in [1.807, 2.05) is 18.2 Å². The number of halogens is 1. The van der Waals surface area contributed by atoms with Gasteiger partial charge in [-0.1, -0.05) is 6.07 Å². The number of H-pyrrole nitrogens is 1. The molecule has 0 amide bonds. The molecule has 30 heavy (non-hydrogen) atoms. The lowest BCUT2D eigenvalue weighted by Gasteiger charge is -2.14. The average Bonchev–Trinajstić information content (AvgIpc) is 2.71. The molecule has 3 aromatic rings. The molecule has 0 aliphatic rings. The van der Waals surface area contributed by atoms with E-state index in [1.165, 1.54) is 6.07 Å². The predicted octanol–water partition coefficient (Wildman–Crippen LogP) is 2.23. The Labute approximate surface area is 183 Å². The van der Waals surface area contributed by atoms with E-state index in [2.05, 4.69) is 10.3 Å². The second-order valence-electron chi connectivity index (χ2n) is 6.61. The first-order valence-corrected chi connectivity index (χ1v) is 10.7. The fraction of sp³-hybridized carbons (Fsp3) is 0.286. The second-order valence-corrected chi connectivity index (χ2v) is 7.95. The average molecular weight is 453 g/mol. The van der Waals surface area contributed by atoms with Crippen molar-refractivity contribution in [3.8, 4) is 11.5 Å². The quantitative estimate of drug-likeness (QED) is 0.460. The van der Waals surface area contributed by atoms with Crippen molar-refractivity contribution in [3.63, 3.8) is 0 Å². The Morgan fingerprint density at radius 3 is 2.70 bits per heavy atom. The van der Waals surface area contributed by atoms with Gasteiger partial charge in [-0.25, -0.2) is 0 Å². The van der Waals surface area contributed by atoms with Gasteiger partial charge in [0, 0.05) is 36.3 Å². The van der Waals surface area contributed by atoms with Gasteiger partial charge in [0.25, 0.3) is 0 Å². The van der Waals surface area contributed by atoms with Crippen LogP contribution in [-0.2, 0) is 17.3 Å². The number of hydrogen-bond acceptors (Lipinski definition) is 6. The van der Waals surface area contributed by atoms with E-state index >= 15 is 0 Å². The number of aliphatic hydroxyl groups is 1. The second kappa shape index (κ2) is 11.1. The number of aromatic nitrogens is 1. The van der Waals surface area contributed by atoms with Crippen LogP contribution in [0.3, 0.4) is 0 Å². The van der Waals surface area contributed by atoms with Gasteiger partial charge < -0.3 is 24.9 Å². The molecular weight excluding hydrogens is 428 g/mol. The molecule has 0 saturated heterocycles. The Kier molecular flexibility index (Phi) is 8.86. The summed E-state index contributed by atoms with van der Waals surface area (Å²) >= 11 is 0. The molecule has 1 heterocycles. The van der Waals surface area contributed by atoms with Crippen LogP contribution < -0.4 is 20.3 Å². The van der Waals surface area contributed by atoms with Crippen molar-refractivity contribution in [2.45, 2.75) is 17.5 Å². The molecule has 3 rings (SSSR count). The molecule has 3 N–H and O–H groups in total. The van der Waals surface area contributed by atoms with Crippen LogP contribution in [0.5, 0.6) is 11.5 Å². The Hall–Kier alpha value is -2.39. The largest absolute Gasteiger partial charge is 0.495 e. The molecule has 2 atom stereocenters. The minimum absolute atomic E-state index is 0. The third-order valence-electron chi connectivity index (χ3n) is 4.38. The summed E-state index contributed by atoms with van der Waals surface area (Å²) in [7, 11) is 0.438. The highest BCUT2D eigenvalue weighted by atomic mass is 35.5. The lowest BCUT2D eigenvalue weighted by molar-refractivity contribution is 0.106. The number of hydrogen-bond donors (Lipinski definition) is 3. The number of rotatable bonds is 9. The van der Waals surface area contributed by atoms with Crippen molar-refractivity contribution in [1.29, 1.82) is 0 Å². The summed E-state index contributed by atoms with van der Waals surface area (Å²) in [6, 6.07) is 14.0. The van der Waals surface area contributed by atoms with Gasteiger partial charge in [-0.2, -0.15) is 0 Å².